The number of nitrogens with zero attached hydrogens (tertiary/aromatic N) is 4. The maximum atomic E-state index is 12.2. The number of aryl methyl sites for hydroxylation is 2. The lowest BCUT2D eigenvalue weighted by Crippen LogP contribution is -2.40. The molecule has 29 heavy (non-hydrogen) atoms. The van der Waals surface area contributed by atoms with E-state index in [1.54, 1.807) is 0 Å². The molecule has 0 radical (unpaired) electrons. The van der Waals surface area contributed by atoms with Crippen molar-refractivity contribution in [2.24, 2.45) is 5.73 Å². The summed E-state index contributed by atoms with van der Waals surface area (Å²) in [6.07, 6.45) is 2.01. The molecule has 0 aromatic carbocycles. The Morgan fingerprint density at radius 2 is 2.03 bits per heavy atom. The molecule has 1 aliphatic rings. The van der Waals surface area contributed by atoms with E-state index in [0.717, 1.165) is 47.8 Å². The van der Waals surface area contributed by atoms with Gasteiger partial charge in [-0.3, -0.25) is 14.5 Å². The number of primary amides is 1. The van der Waals surface area contributed by atoms with E-state index in [2.05, 4.69) is 10.2 Å². The first kappa shape index (κ1) is 21.2. The van der Waals surface area contributed by atoms with Crippen LogP contribution in [-0.4, -0.2) is 56.5 Å². The van der Waals surface area contributed by atoms with Gasteiger partial charge in [0.2, 0.25) is 11.8 Å². The number of fused-ring (bicyclic) bond motifs is 1. The number of hydrogen-bond acceptors (Lipinski definition) is 5. The summed E-state index contributed by atoms with van der Waals surface area (Å²) in [6, 6.07) is 2.04. The van der Waals surface area contributed by atoms with Gasteiger partial charge in [0.1, 0.15) is 0 Å². The van der Waals surface area contributed by atoms with E-state index in [0.29, 0.717) is 19.4 Å². The molecule has 2 aromatic rings. The van der Waals surface area contributed by atoms with E-state index in [1.165, 1.54) is 0 Å². The van der Waals surface area contributed by atoms with Gasteiger partial charge in [0.25, 0.3) is 0 Å². The maximum Gasteiger partial charge on any atom is 0.231 e. The summed E-state index contributed by atoms with van der Waals surface area (Å²) < 4.78 is 1.88. The van der Waals surface area contributed by atoms with Gasteiger partial charge in [0.15, 0.2) is 5.65 Å². The van der Waals surface area contributed by atoms with E-state index in [1.807, 2.05) is 45.2 Å². The molecule has 1 unspecified atom stereocenters. The van der Waals surface area contributed by atoms with Gasteiger partial charge in [0, 0.05) is 41.9 Å². The van der Waals surface area contributed by atoms with Crippen molar-refractivity contribution in [2.75, 3.05) is 19.6 Å². The molecule has 0 aliphatic carbocycles. The fourth-order valence-corrected chi connectivity index (χ4v) is 4.06. The molecule has 158 valence electrons. The van der Waals surface area contributed by atoms with Gasteiger partial charge in [-0.2, -0.15) is 5.10 Å². The summed E-state index contributed by atoms with van der Waals surface area (Å²) in [5.74, 6) is 0.0174. The number of carbonyl (C=O) groups is 2. The van der Waals surface area contributed by atoms with Crippen molar-refractivity contribution in [1.29, 1.82) is 0 Å². The summed E-state index contributed by atoms with van der Waals surface area (Å²) in [7, 11) is 0. The second-order valence-corrected chi connectivity index (χ2v) is 9.09. The molecule has 3 heterocycles. The Morgan fingerprint density at radius 3 is 2.69 bits per heavy atom. The Kier molecular flexibility index (Phi) is 5.93. The summed E-state index contributed by atoms with van der Waals surface area (Å²) in [5.41, 5.74) is 9.93. The lowest BCUT2D eigenvalue weighted by atomic mass is 10.0. The summed E-state index contributed by atoms with van der Waals surface area (Å²) in [5, 5.41) is 7.81. The first-order valence-electron chi connectivity index (χ1n) is 10.2. The van der Waals surface area contributed by atoms with Crippen molar-refractivity contribution in [3.8, 4) is 0 Å². The highest BCUT2D eigenvalue weighted by molar-refractivity contribution is 5.77. The molecule has 0 bridgehead atoms. The Bertz CT molecular complexity index is 927. The number of rotatable bonds is 6. The van der Waals surface area contributed by atoms with E-state index < -0.39 is 0 Å². The number of amides is 2. The van der Waals surface area contributed by atoms with Crippen LogP contribution in [0, 0.1) is 13.8 Å². The van der Waals surface area contributed by atoms with Gasteiger partial charge in [-0.05, 0) is 59.6 Å². The maximum absolute atomic E-state index is 12.2. The van der Waals surface area contributed by atoms with Crippen LogP contribution in [0.2, 0.25) is 0 Å². The molecule has 3 rings (SSSR count). The molecule has 1 aliphatic heterocycles. The molecule has 2 amide bonds. The van der Waals surface area contributed by atoms with E-state index in [-0.39, 0.29) is 23.3 Å². The van der Waals surface area contributed by atoms with Crippen LogP contribution >= 0.6 is 0 Å². The SMILES string of the molecule is Cc1nc2cc(C3CCN(CC(N)=O)C3)nn2c(C)c1CCC(=O)NC(C)(C)C. The minimum absolute atomic E-state index is 0.0399. The molecule has 3 N–H and O–H groups in total. The van der Waals surface area contributed by atoms with E-state index in [9.17, 15) is 9.59 Å². The molecule has 2 aromatic heterocycles. The van der Waals surface area contributed by atoms with Gasteiger partial charge in [-0.1, -0.05) is 0 Å². The minimum Gasteiger partial charge on any atom is -0.369 e. The first-order chi connectivity index (χ1) is 13.5. The van der Waals surface area contributed by atoms with Crippen LogP contribution in [0.5, 0.6) is 0 Å². The third kappa shape index (κ3) is 5.12. The van der Waals surface area contributed by atoms with Crippen molar-refractivity contribution in [3.63, 3.8) is 0 Å². The first-order valence-corrected chi connectivity index (χ1v) is 10.2. The van der Waals surface area contributed by atoms with Crippen LogP contribution < -0.4 is 11.1 Å². The molecule has 0 saturated carbocycles. The Labute approximate surface area is 171 Å². The second kappa shape index (κ2) is 8.10. The quantitative estimate of drug-likeness (QED) is 0.764. The molecule has 1 fully saturated rings. The fourth-order valence-electron chi connectivity index (χ4n) is 4.06. The normalized spacial score (nSPS) is 17.8. The van der Waals surface area contributed by atoms with Crippen molar-refractivity contribution >= 4 is 17.5 Å². The van der Waals surface area contributed by atoms with Gasteiger partial charge in [-0.25, -0.2) is 9.50 Å². The zero-order chi connectivity index (χ0) is 21.3. The molecule has 0 spiro atoms. The van der Waals surface area contributed by atoms with Gasteiger partial charge < -0.3 is 11.1 Å². The van der Waals surface area contributed by atoms with Gasteiger partial charge in [0.05, 0.1) is 12.2 Å². The molecule has 8 nitrogen and oxygen atoms in total. The van der Waals surface area contributed by atoms with Crippen LogP contribution in [0.1, 0.15) is 62.2 Å². The van der Waals surface area contributed by atoms with Crippen molar-refractivity contribution < 1.29 is 9.59 Å². The minimum atomic E-state index is -0.297. The Morgan fingerprint density at radius 1 is 1.31 bits per heavy atom. The van der Waals surface area contributed by atoms with E-state index >= 15 is 0 Å². The van der Waals surface area contributed by atoms with Crippen LogP contribution in [0.4, 0.5) is 0 Å². The standard InChI is InChI=1S/C21H32N6O2/c1-13-16(6-7-20(29)24-21(3,4)5)14(2)27-19(23-13)10-17(25-27)15-8-9-26(11-15)12-18(22)28/h10,15H,6-9,11-12H2,1-5H3,(H2,22,28)(H,24,29). The monoisotopic (exact) mass is 400 g/mol. The highest BCUT2D eigenvalue weighted by atomic mass is 16.2. The number of hydrogen-bond donors (Lipinski definition) is 2. The van der Waals surface area contributed by atoms with Gasteiger partial charge in [-0.15, -0.1) is 0 Å². The lowest BCUT2D eigenvalue weighted by molar-refractivity contribution is -0.122. The average Bonchev–Trinajstić information content (AvgIpc) is 3.19. The number of aromatic nitrogens is 3. The molecule has 8 heteroatoms. The molecule has 1 atom stereocenters. The number of likely N-dealkylation sites (tertiary alicyclic amines) is 1. The molecular formula is C21H32N6O2. The summed E-state index contributed by atoms with van der Waals surface area (Å²) in [6.45, 7) is 11.9. The third-order valence-electron chi connectivity index (χ3n) is 5.37. The number of nitrogens with one attached hydrogen (secondary N) is 1. The predicted molar refractivity (Wildman–Crippen MR) is 112 cm³/mol. The average molecular weight is 401 g/mol. The summed E-state index contributed by atoms with van der Waals surface area (Å²) in [4.78, 5) is 30.2. The third-order valence-corrected chi connectivity index (χ3v) is 5.37. The lowest BCUT2D eigenvalue weighted by Gasteiger charge is -2.20. The molecule has 1 saturated heterocycles. The van der Waals surface area contributed by atoms with Gasteiger partial charge >= 0.3 is 0 Å². The van der Waals surface area contributed by atoms with Crippen LogP contribution in [0.25, 0.3) is 5.65 Å². The summed E-state index contributed by atoms with van der Waals surface area (Å²) >= 11 is 0. The van der Waals surface area contributed by atoms with Crippen molar-refractivity contribution in [2.45, 2.75) is 65.3 Å². The van der Waals surface area contributed by atoms with E-state index in [4.69, 9.17) is 15.8 Å². The zero-order valence-electron chi connectivity index (χ0n) is 18.1. The highest BCUT2D eigenvalue weighted by Gasteiger charge is 2.27. The van der Waals surface area contributed by atoms with Crippen LogP contribution in [-0.2, 0) is 16.0 Å². The number of nitrogens with two attached hydrogens (primary N) is 1. The molecular weight excluding hydrogens is 368 g/mol. The van der Waals surface area contributed by atoms with Crippen LogP contribution in [0.3, 0.4) is 0 Å². The zero-order valence-corrected chi connectivity index (χ0v) is 18.1. The second-order valence-electron chi connectivity index (χ2n) is 9.09. The topological polar surface area (TPSA) is 106 Å². The Balaban J connectivity index is 1.77. The number of carbonyl (C=O) groups excluding carboxylic acids is 2. The van der Waals surface area contributed by atoms with Crippen molar-refractivity contribution in [3.05, 3.63) is 28.7 Å². The van der Waals surface area contributed by atoms with Crippen molar-refractivity contribution in [1.82, 2.24) is 24.8 Å². The predicted octanol–water partition coefficient (Wildman–Crippen LogP) is 1.47. The van der Waals surface area contributed by atoms with Crippen LogP contribution in [0.15, 0.2) is 6.07 Å². The largest absolute Gasteiger partial charge is 0.369 e. The highest BCUT2D eigenvalue weighted by Crippen LogP contribution is 2.27. The smallest absolute Gasteiger partial charge is 0.231 e. The Hall–Kier alpha value is -2.48. The fraction of sp³-hybridized carbons (Fsp3) is 0.619.